The maximum Gasteiger partial charge on any atom is 0.468 e. The van der Waals surface area contributed by atoms with Crippen molar-refractivity contribution in [1.82, 2.24) is 0 Å². The Bertz CT molecular complexity index is 930. The van der Waals surface area contributed by atoms with E-state index < -0.39 is 36.7 Å². The van der Waals surface area contributed by atoms with Gasteiger partial charge in [0.25, 0.3) is 5.90 Å². The third-order valence-corrected chi connectivity index (χ3v) is 7.62. The van der Waals surface area contributed by atoms with E-state index in [1.807, 2.05) is 20.8 Å². The predicted octanol–water partition coefficient (Wildman–Crippen LogP) is 8.84. The number of unbranched alkanes of at least 4 members (excludes halogenated alkanes) is 3. The standard InChI is InChI=1S/C29H47F3N4O6S2/c1-5-8-16-37-19-25(40-18-10-7-3)26(20-38-22-44-43-21-34-36-33)41-27(23(4)39-17-9-6-2)42-28(29(30,31)32)35-24-14-12-11-13-15-24/h11-15,23,25-27H,5-10,16-22H2,1-4H3/t23-,25+,26?,27-/m0/s1. The van der Waals surface area contributed by atoms with E-state index >= 15 is 0 Å². The van der Waals surface area contributed by atoms with Gasteiger partial charge in [-0.25, -0.2) is 4.99 Å². The number of halogens is 3. The van der Waals surface area contributed by atoms with Gasteiger partial charge >= 0.3 is 6.18 Å². The molecule has 0 saturated carbocycles. The third-order valence-electron chi connectivity index (χ3n) is 5.87. The summed E-state index contributed by atoms with van der Waals surface area (Å²) in [6.07, 6.45) is -3.79. The van der Waals surface area contributed by atoms with Crippen LogP contribution in [0.25, 0.3) is 10.4 Å². The number of ether oxygens (including phenoxy) is 6. The fourth-order valence-corrected chi connectivity index (χ4v) is 4.60. The first kappa shape index (κ1) is 40.3. The molecule has 0 spiro atoms. The predicted molar refractivity (Wildman–Crippen MR) is 170 cm³/mol. The van der Waals surface area contributed by atoms with Crippen LogP contribution in [0.1, 0.15) is 66.2 Å². The van der Waals surface area contributed by atoms with Crippen molar-refractivity contribution in [3.05, 3.63) is 40.8 Å². The van der Waals surface area contributed by atoms with Crippen molar-refractivity contribution >= 4 is 33.2 Å². The summed E-state index contributed by atoms with van der Waals surface area (Å²) in [4.78, 5) is 6.46. The molecule has 0 aliphatic heterocycles. The van der Waals surface area contributed by atoms with Crippen molar-refractivity contribution in [3.63, 3.8) is 0 Å². The van der Waals surface area contributed by atoms with Gasteiger partial charge in [-0.3, -0.25) is 0 Å². The summed E-state index contributed by atoms with van der Waals surface area (Å²) < 4.78 is 78.0. The van der Waals surface area contributed by atoms with Crippen molar-refractivity contribution < 1.29 is 41.6 Å². The molecule has 15 heteroatoms. The Morgan fingerprint density at radius 2 is 1.52 bits per heavy atom. The molecule has 0 aliphatic carbocycles. The lowest BCUT2D eigenvalue weighted by Crippen LogP contribution is -2.47. The van der Waals surface area contributed by atoms with Crippen LogP contribution in [0.4, 0.5) is 18.9 Å². The number of para-hydroxylation sites is 1. The van der Waals surface area contributed by atoms with Gasteiger partial charge in [0, 0.05) is 24.7 Å². The van der Waals surface area contributed by atoms with Gasteiger partial charge < -0.3 is 28.4 Å². The summed E-state index contributed by atoms with van der Waals surface area (Å²) in [5.74, 6) is -1.02. The van der Waals surface area contributed by atoms with Crippen molar-refractivity contribution in [2.75, 3.05) is 44.9 Å². The molecule has 1 aromatic rings. The molecule has 1 rings (SSSR count). The summed E-state index contributed by atoms with van der Waals surface area (Å²) in [5.41, 5.74) is 8.53. The minimum atomic E-state index is -4.90. The fraction of sp³-hybridized carbons (Fsp3) is 0.759. The molecule has 0 amide bonds. The van der Waals surface area contributed by atoms with E-state index in [0.29, 0.717) is 26.2 Å². The molecule has 0 aromatic heterocycles. The lowest BCUT2D eigenvalue weighted by molar-refractivity contribution is -0.234. The molecule has 0 radical (unpaired) electrons. The highest BCUT2D eigenvalue weighted by Gasteiger charge is 2.42. The molecule has 4 atom stereocenters. The lowest BCUT2D eigenvalue weighted by atomic mass is 10.2. The fourth-order valence-electron chi connectivity index (χ4n) is 3.43. The van der Waals surface area contributed by atoms with Gasteiger partial charge in [-0.1, -0.05) is 84.9 Å². The first-order valence-electron chi connectivity index (χ1n) is 14.9. The van der Waals surface area contributed by atoms with E-state index in [-0.39, 0.29) is 30.7 Å². The Morgan fingerprint density at radius 3 is 2.16 bits per heavy atom. The zero-order valence-corrected chi connectivity index (χ0v) is 27.7. The molecular formula is C29H47F3N4O6S2. The van der Waals surface area contributed by atoms with E-state index in [9.17, 15) is 13.2 Å². The van der Waals surface area contributed by atoms with Gasteiger partial charge in [-0.15, -0.1) is 0 Å². The first-order valence-corrected chi connectivity index (χ1v) is 17.4. The topological polar surface area (TPSA) is 117 Å². The number of hydrogen-bond acceptors (Lipinski definition) is 10. The van der Waals surface area contributed by atoms with Gasteiger partial charge in [0.15, 0.2) is 0 Å². The average Bonchev–Trinajstić information content (AvgIpc) is 3.00. The van der Waals surface area contributed by atoms with Crippen LogP contribution in [-0.4, -0.2) is 81.5 Å². The number of benzene rings is 1. The van der Waals surface area contributed by atoms with Crippen molar-refractivity contribution in [2.24, 2.45) is 10.1 Å². The van der Waals surface area contributed by atoms with Gasteiger partial charge in [0.05, 0.1) is 24.8 Å². The molecule has 1 unspecified atom stereocenters. The molecule has 10 nitrogen and oxygen atoms in total. The maximum absolute atomic E-state index is 14.2. The highest BCUT2D eigenvalue weighted by Crippen LogP contribution is 2.26. The molecule has 0 fully saturated rings. The second-order valence-electron chi connectivity index (χ2n) is 9.62. The SMILES string of the molecule is CCCCOC[C@@H](OCCCC)C(COCSSCN=[N+]=[N-])O[C@@H](OC(=Nc1ccccc1)C(F)(F)F)[C@H](C)OCCCC. The summed E-state index contributed by atoms with van der Waals surface area (Å²) in [6.45, 7) is 9.01. The molecule has 1 aromatic carbocycles. The Morgan fingerprint density at radius 1 is 0.886 bits per heavy atom. The quantitative estimate of drug-likeness (QED) is 0.0141. The van der Waals surface area contributed by atoms with E-state index in [0.717, 1.165) is 32.1 Å². The number of aliphatic imine (C=N–C) groups is 1. The molecule has 0 saturated heterocycles. The first-order chi connectivity index (χ1) is 21.3. The minimum absolute atomic E-state index is 0.0261. The largest absolute Gasteiger partial charge is 0.468 e. The Labute approximate surface area is 267 Å². The van der Waals surface area contributed by atoms with E-state index in [4.69, 9.17) is 34.0 Å². The van der Waals surface area contributed by atoms with Crippen LogP contribution in [0.3, 0.4) is 0 Å². The Balaban J connectivity index is 3.31. The number of hydrogen-bond donors (Lipinski definition) is 0. The highest BCUT2D eigenvalue weighted by molar-refractivity contribution is 8.76. The number of alkyl halides is 3. The van der Waals surface area contributed by atoms with Gasteiger partial charge in [-0.2, -0.15) is 13.2 Å². The second kappa shape index (κ2) is 25.5. The maximum atomic E-state index is 14.2. The van der Waals surface area contributed by atoms with Crippen LogP contribution >= 0.6 is 21.6 Å². The lowest BCUT2D eigenvalue weighted by Gasteiger charge is -2.33. The summed E-state index contributed by atoms with van der Waals surface area (Å²) in [7, 11) is 2.63. The van der Waals surface area contributed by atoms with Gasteiger partial charge in [0.1, 0.15) is 24.3 Å². The van der Waals surface area contributed by atoms with Crippen molar-refractivity contribution in [3.8, 4) is 0 Å². The van der Waals surface area contributed by atoms with Crippen LogP contribution in [0, 0.1) is 0 Å². The highest BCUT2D eigenvalue weighted by atomic mass is 33.1. The monoisotopic (exact) mass is 668 g/mol. The second-order valence-corrected chi connectivity index (χ2v) is 12.0. The number of azide groups is 1. The molecule has 44 heavy (non-hydrogen) atoms. The zero-order valence-electron chi connectivity index (χ0n) is 26.1. The molecule has 0 aliphatic rings. The smallest absolute Gasteiger partial charge is 0.441 e. The molecule has 0 bridgehead atoms. The Kier molecular flexibility index (Phi) is 23.3. The average molecular weight is 669 g/mol. The summed E-state index contributed by atoms with van der Waals surface area (Å²) in [5, 5.41) is 3.46. The molecule has 252 valence electrons. The van der Waals surface area contributed by atoms with Crippen LogP contribution < -0.4 is 0 Å². The van der Waals surface area contributed by atoms with Crippen molar-refractivity contribution in [1.29, 1.82) is 0 Å². The number of rotatable bonds is 26. The summed E-state index contributed by atoms with van der Waals surface area (Å²) >= 11 is 0. The van der Waals surface area contributed by atoms with Crippen LogP contribution in [-0.2, 0) is 28.4 Å². The zero-order chi connectivity index (χ0) is 32.5. The van der Waals surface area contributed by atoms with Gasteiger partial charge in [-0.05, 0) is 43.9 Å². The van der Waals surface area contributed by atoms with Crippen LogP contribution in [0.2, 0.25) is 0 Å². The molecule has 0 heterocycles. The third kappa shape index (κ3) is 18.9. The van der Waals surface area contributed by atoms with Crippen LogP contribution in [0.5, 0.6) is 0 Å². The Hall–Kier alpha value is -1.71. The van der Waals surface area contributed by atoms with Crippen molar-refractivity contribution in [2.45, 2.75) is 97.0 Å². The van der Waals surface area contributed by atoms with Gasteiger partial charge in [0.2, 0.25) is 6.29 Å². The van der Waals surface area contributed by atoms with Crippen LogP contribution in [0.15, 0.2) is 40.4 Å². The van der Waals surface area contributed by atoms with E-state index in [1.54, 1.807) is 25.1 Å². The molecule has 0 N–H and O–H groups in total. The molecular weight excluding hydrogens is 621 g/mol. The summed E-state index contributed by atoms with van der Waals surface area (Å²) in [6, 6.07) is 7.76. The van der Waals surface area contributed by atoms with E-state index in [1.165, 1.54) is 33.7 Å². The normalized spacial score (nSPS) is 14.9. The minimum Gasteiger partial charge on any atom is -0.441 e. The van der Waals surface area contributed by atoms with E-state index in [2.05, 4.69) is 15.0 Å². The number of nitrogens with zero attached hydrogens (tertiary/aromatic N) is 4.